The zero-order chi connectivity index (χ0) is 61.7. The minimum atomic E-state index is -6.13. The van der Waals surface area contributed by atoms with Gasteiger partial charge in [-0.25, -0.2) is 4.98 Å². The van der Waals surface area contributed by atoms with E-state index in [1.165, 1.54) is 16.3 Å². The number of rotatable bonds is 9. The molecule has 7 aromatic carbocycles. The molecule has 83 heavy (non-hydrogen) atoms. The summed E-state index contributed by atoms with van der Waals surface area (Å²) in [6.07, 6.45) is -48.5. The number of carbonyl (C=O) groups excluding carboxylic acids is 1. The van der Waals surface area contributed by atoms with Crippen LogP contribution < -0.4 is 26.4 Å². The monoisotopic (exact) mass is 1200 g/mol. The molecule has 0 bridgehead atoms. The third-order valence-corrected chi connectivity index (χ3v) is 12.9. The number of hydrogen-bond donors (Lipinski definition) is 0. The summed E-state index contributed by atoms with van der Waals surface area (Å²) >= 11 is 0. The molecular weight excluding hydrogens is 1170 g/mol. The Morgan fingerprint density at radius 1 is 0.373 bits per heavy atom. The lowest BCUT2D eigenvalue weighted by molar-refractivity contribution is -0.684. The third-order valence-electron chi connectivity index (χ3n) is 12.9. The van der Waals surface area contributed by atoms with E-state index >= 15 is 0 Å². The van der Waals surface area contributed by atoms with Crippen molar-refractivity contribution in [2.75, 3.05) is 0 Å². The number of carbonyl (C=O) groups is 1. The molecule has 8 aromatic rings. The zero-order valence-corrected chi connectivity index (χ0v) is 41.0. The maximum atomic E-state index is 14.2. The molecular formula is C55H31BF24N2O. The Hall–Kier alpha value is -8.07. The van der Waals surface area contributed by atoms with Gasteiger partial charge in [-0.2, -0.15) is 132 Å². The minimum Gasteiger partial charge on any atom is -0.287 e. The molecule has 0 amide bonds. The van der Waals surface area contributed by atoms with Crippen LogP contribution in [0.5, 0.6) is 0 Å². The first-order valence-corrected chi connectivity index (χ1v) is 23.3. The highest BCUT2D eigenvalue weighted by molar-refractivity contribution is 7.20. The average Bonchev–Trinajstić information content (AvgIpc) is 1.00. The molecule has 0 aliphatic carbocycles. The smallest absolute Gasteiger partial charge is 0.287 e. The molecule has 1 aromatic heterocycles. The van der Waals surface area contributed by atoms with E-state index in [-0.39, 0.29) is 5.78 Å². The van der Waals surface area contributed by atoms with E-state index in [2.05, 4.69) is 41.4 Å². The van der Waals surface area contributed by atoms with Crippen LogP contribution in [0.15, 0.2) is 164 Å². The van der Waals surface area contributed by atoms with Crippen molar-refractivity contribution in [2.24, 2.45) is 0 Å². The van der Waals surface area contributed by atoms with Gasteiger partial charge in [0.1, 0.15) is 11.8 Å². The van der Waals surface area contributed by atoms with Gasteiger partial charge in [-0.05, 0) is 40.6 Å². The van der Waals surface area contributed by atoms with Crippen LogP contribution in [-0.4, -0.2) is 16.9 Å². The fourth-order valence-electron chi connectivity index (χ4n) is 9.18. The number of hydrogen-bond acceptors (Lipinski definition) is 2. The number of ketones is 1. The van der Waals surface area contributed by atoms with Gasteiger partial charge in [-0.15, -0.1) is 0 Å². The van der Waals surface area contributed by atoms with Crippen LogP contribution in [0.3, 0.4) is 0 Å². The van der Waals surface area contributed by atoms with Gasteiger partial charge in [-0.3, -0.25) is 4.79 Å². The van der Waals surface area contributed by atoms with Crippen LogP contribution in [0.2, 0.25) is 0 Å². The number of alkyl halides is 24. The molecule has 438 valence electrons. The lowest BCUT2D eigenvalue weighted by Gasteiger charge is -2.46. The van der Waals surface area contributed by atoms with E-state index in [0.29, 0.717) is 6.54 Å². The predicted octanol–water partition coefficient (Wildman–Crippen LogP) is 15.2. The van der Waals surface area contributed by atoms with Crippen LogP contribution in [0.1, 0.15) is 66.1 Å². The summed E-state index contributed by atoms with van der Waals surface area (Å²) in [6.45, 7) is 0.317. The molecule has 1 heterocycles. The average molecular weight is 1200 g/mol. The Morgan fingerprint density at radius 3 is 1.01 bits per heavy atom. The lowest BCUT2D eigenvalue weighted by Crippen LogP contribution is -2.75. The van der Waals surface area contributed by atoms with E-state index in [4.69, 9.17) is 0 Å². The molecule has 0 aliphatic rings. The summed E-state index contributed by atoms with van der Waals surface area (Å²) in [6, 6.07) is 15.4. The topological polar surface area (TPSA) is 33.8 Å². The summed E-state index contributed by atoms with van der Waals surface area (Å²) in [5, 5.41) is 2.47. The predicted molar refractivity (Wildman–Crippen MR) is 252 cm³/mol. The Labute approximate surface area is 451 Å². The van der Waals surface area contributed by atoms with Crippen molar-refractivity contribution in [3.63, 3.8) is 0 Å². The number of benzene rings is 7. The first kappa shape index (κ1) is 62.5. The standard InChI is InChI=1S/C32H12BF24.C23H19N2O/c34-25(35,36)13-1-14(26(37,38)39)6-21(5-13)33(22-7-15(27(40,41)42)2-16(8-22)28(43,44)45,23-9-17(29(46,47)48)3-18(10-23)30(49,50)51)24-11-19(31(52,53)54)4-20(12-24)32(55,56)57;26-23(20-7-2-1-3-8-20)17-25-13-12-24-22(16-25)15-18-10-11-19-6-4-5-9-21(19)14-18/h1-12H;1-14,16H,15,17H2/q-1;+1. The van der Waals surface area contributed by atoms with Crippen molar-refractivity contribution in [3.05, 3.63) is 226 Å². The van der Waals surface area contributed by atoms with Gasteiger partial charge < -0.3 is 0 Å². The molecule has 0 radical (unpaired) electrons. The fraction of sp³-hybridized carbons (Fsp3) is 0.182. The van der Waals surface area contributed by atoms with E-state index in [1.807, 2.05) is 53.4 Å². The second kappa shape index (κ2) is 22.3. The van der Waals surface area contributed by atoms with Crippen LogP contribution in [0, 0.1) is 0 Å². The van der Waals surface area contributed by atoms with Crippen molar-refractivity contribution in [3.8, 4) is 0 Å². The van der Waals surface area contributed by atoms with Gasteiger partial charge >= 0.3 is 49.4 Å². The van der Waals surface area contributed by atoms with Gasteiger partial charge in [-0.1, -0.05) is 121 Å². The molecule has 0 atom stereocenters. The van der Waals surface area contributed by atoms with Crippen molar-refractivity contribution in [1.29, 1.82) is 0 Å². The maximum absolute atomic E-state index is 14.2. The van der Waals surface area contributed by atoms with E-state index < -0.39 is 195 Å². The van der Waals surface area contributed by atoms with Crippen LogP contribution in [0.4, 0.5) is 105 Å². The summed E-state index contributed by atoms with van der Waals surface area (Å²) in [4.78, 5) is 16.9. The highest BCUT2D eigenvalue weighted by Crippen LogP contribution is 2.41. The van der Waals surface area contributed by atoms with Gasteiger partial charge in [0.2, 0.25) is 12.3 Å². The lowest BCUT2D eigenvalue weighted by atomic mass is 9.12. The van der Waals surface area contributed by atoms with Gasteiger partial charge in [0.25, 0.3) is 0 Å². The molecule has 8 rings (SSSR count). The molecule has 0 spiro atoms. The van der Waals surface area contributed by atoms with E-state index in [1.54, 1.807) is 6.20 Å². The summed E-state index contributed by atoms with van der Waals surface area (Å²) in [7, 11) is 0. The van der Waals surface area contributed by atoms with E-state index in [0.717, 1.165) is 17.7 Å². The van der Waals surface area contributed by atoms with Gasteiger partial charge in [0, 0.05) is 12.0 Å². The first-order valence-electron chi connectivity index (χ1n) is 23.3. The molecule has 28 heteroatoms. The highest BCUT2D eigenvalue weighted by atomic mass is 19.4. The van der Waals surface area contributed by atoms with Gasteiger partial charge in [0.15, 0.2) is 12.4 Å². The Kier molecular flexibility index (Phi) is 16.8. The summed E-state index contributed by atoms with van der Waals surface area (Å²) in [5.41, 5.74) is -27.3. The molecule has 0 unspecified atom stereocenters. The maximum Gasteiger partial charge on any atom is 0.416 e. The van der Waals surface area contributed by atoms with Crippen molar-refractivity contribution >= 4 is 44.6 Å². The van der Waals surface area contributed by atoms with Crippen LogP contribution in [0.25, 0.3) is 10.8 Å². The zero-order valence-electron chi connectivity index (χ0n) is 41.0. The number of Topliss-reactive ketones (excluding diaryl/α,β-unsaturated/α-hetero) is 1. The second-order valence-corrected chi connectivity index (χ2v) is 18.6. The number of halogens is 24. The minimum absolute atomic E-state index is 0.0958. The summed E-state index contributed by atoms with van der Waals surface area (Å²) in [5.74, 6) is 0.0958. The van der Waals surface area contributed by atoms with Crippen molar-refractivity contribution < 1.29 is 115 Å². The van der Waals surface area contributed by atoms with Crippen molar-refractivity contribution in [2.45, 2.75) is 62.4 Å². The van der Waals surface area contributed by atoms with Crippen LogP contribution in [-0.2, 0) is 62.4 Å². The van der Waals surface area contributed by atoms with Crippen molar-refractivity contribution in [1.82, 2.24) is 4.98 Å². The Morgan fingerprint density at radius 2 is 0.687 bits per heavy atom. The quantitative estimate of drug-likeness (QED) is 0.0625. The number of aromatic nitrogens is 2. The third kappa shape index (κ3) is 14.6. The van der Waals surface area contributed by atoms with Gasteiger partial charge in [0.05, 0.1) is 50.7 Å². The molecule has 3 nitrogen and oxygen atoms in total. The summed E-state index contributed by atoms with van der Waals surface area (Å²) < 4.78 is 343. The highest BCUT2D eigenvalue weighted by Gasteiger charge is 2.47. The number of nitrogens with zero attached hydrogens (tertiary/aromatic N) is 2. The first-order chi connectivity index (χ1) is 38.0. The van der Waals surface area contributed by atoms with Crippen LogP contribution >= 0.6 is 0 Å². The molecule has 0 saturated heterocycles. The Balaban J connectivity index is 0.000000313. The molecule has 0 saturated carbocycles. The molecule has 0 fully saturated rings. The largest absolute Gasteiger partial charge is 0.416 e. The molecule has 0 aliphatic heterocycles. The second-order valence-electron chi connectivity index (χ2n) is 18.6. The SMILES string of the molecule is FC(F)(F)c1cc([B-](c2cc(C(F)(F)F)cc(C(F)(F)F)c2)(c2cc(C(F)(F)F)cc(C(F)(F)F)c2)c2cc(C(F)(F)F)cc(C(F)(F)F)c2)cc(C(F)(F)F)c1.O=C(C[n+]1ccnc(Cc2ccc3ccccc3c2)c1)c1ccccc1. The fourth-order valence-corrected chi connectivity index (χ4v) is 9.18. The normalized spacial score (nSPS) is 13.2. The van der Waals surface area contributed by atoms with E-state index in [9.17, 15) is 110 Å². The number of fused-ring (bicyclic) bond motifs is 1. The molecule has 0 N–H and O–H groups in total. The Bertz CT molecular complexity index is 3230.